The van der Waals surface area contributed by atoms with Crippen molar-refractivity contribution in [2.75, 3.05) is 31.4 Å². The molecule has 0 aliphatic heterocycles. The number of hydrogen-bond acceptors (Lipinski definition) is 5. The molecule has 1 unspecified atom stereocenters. The molecule has 5 nitrogen and oxygen atoms in total. The fourth-order valence-corrected chi connectivity index (χ4v) is 1.33. The number of rotatable bonds is 5. The summed E-state index contributed by atoms with van der Waals surface area (Å²) in [6.45, 7) is 0.365. The van der Waals surface area contributed by atoms with Gasteiger partial charge >= 0.3 is 0 Å². The van der Waals surface area contributed by atoms with Crippen LogP contribution >= 0.6 is 0 Å². The molecule has 0 aliphatic rings. The van der Waals surface area contributed by atoms with Crippen LogP contribution in [0.4, 0.5) is 11.4 Å². The third-order valence-corrected chi connectivity index (χ3v) is 2.13. The smallest absolute Gasteiger partial charge is 0.101 e. The van der Waals surface area contributed by atoms with Crippen molar-refractivity contribution in [3.8, 4) is 6.07 Å². The van der Waals surface area contributed by atoms with Gasteiger partial charge in [-0.2, -0.15) is 5.26 Å². The second kappa shape index (κ2) is 5.95. The number of methoxy groups -OCH3 is 1. The molecule has 0 amide bonds. The molecule has 1 atom stereocenters. The Balaban J connectivity index is 2.74. The zero-order chi connectivity index (χ0) is 12.0. The fraction of sp³-hybridized carbons (Fsp3) is 0.364. The van der Waals surface area contributed by atoms with Crippen LogP contribution in [0.3, 0.4) is 0 Å². The summed E-state index contributed by atoms with van der Waals surface area (Å²) in [5.74, 6) is 0. The Bertz CT molecular complexity index is 387. The number of anilines is 2. The van der Waals surface area contributed by atoms with Crippen molar-refractivity contribution in [2.45, 2.75) is 6.04 Å². The first-order valence-corrected chi connectivity index (χ1v) is 4.87. The fourth-order valence-electron chi connectivity index (χ4n) is 1.33. The van der Waals surface area contributed by atoms with Gasteiger partial charge in [0, 0.05) is 12.8 Å². The molecule has 1 aromatic carbocycles. The predicted octanol–water partition coefficient (Wildman–Crippen LogP) is 0.560. The van der Waals surface area contributed by atoms with Crippen molar-refractivity contribution in [1.82, 2.24) is 0 Å². The topological polar surface area (TPSA) is 91.3 Å². The molecule has 0 radical (unpaired) electrons. The number of nitrogens with zero attached hydrogens (tertiary/aromatic N) is 1. The van der Waals surface area contributed by atoms with Crippen molar-refractivity contribution in [3.63, 3.8) is 0 Å². The Morgan fingerprint density at radius 1 is 1.62 bits per heavy atom. The van der Waals surface area contributed by atoms with Crippen molar-refractivity contribution < 1.29 is 9.84 Å². The SMILES string of the molecule is COCC(CO)Nc1ccc(C#N)c(N)c1. The molecule has 0 saturated carbocycles. The zero-order valence-corrected chi connectivity index (χ0v) is 9.10. The molecule has 0 fully saturated rings. The van der Waals surface area contributed by atoms with Crippen LogP contribution in [0.2, 0.25) is 0 Å². The summed E-state index contributed by atoms with van der Waals surface area (Å²) in [5, 5.41) is 20.8. The third-order valence-electron chi connectivity index (χ3n) is 2.13. The van der Waals surface area contributed by atoms with E-state index in [1.807, 2.05) is 6.07 Å². The minimum absolute atomic E-state index is 0.0340. The van der Waals surface area contributed by atoms with E-state index >= 15 is 0 Å². The highest BCUT2D eigenvalue weighted by Crippen LogP contribution is 2.17. The van der Waals surface area contributed by atoms with Crippen LogP contribution in [0.5, 0.6) is 0 Å². The number of ether oxygens (including phenoxy) is 1. The highest BCUT2D eigenvalue weighted by Gasteiger charge is 2.07. The van der Waals surface area contributed by atoms with E-state index in [2.05, 4.69) is 5.32 Å². The number of aliphatic hydroxyl groups excluding tert-OH is 1. The minimum Gasteiger partial charge on any atom is -0.398 e. The average Bonchev–Trinajstić information content (AvgIpc) is 2.28. The summed E-state index contributed by atoms with van der Waals surface area (Å²) in [6, 6.07) is 6.85. The summed E-state index contributed by atoms with van der Waals surface area (Å²) in [7, 11) is 1.57. The van der Waals surface area contributed by atoms with Crippen molar-refractivity contribution in [1.29, 1.82) is 5.26 Å². The third kappa shape index (κ3) is 3.12. The van der Waals surface area contributed by atoms with Crippen LogP contribution in [-0.2, 0) is 4.74 Å². The molecule has 1 rings (SSSR count). The molecule has 5 heteroatoms. The zero-order valence-electron chi connectivity index (χ0n) is 9.10. The van der Waals surface area contributed by atoms with Gasteiger partial charge < -0.3 is 20.9 Å². The maximum Gasteiger partial charge on any atom is 0.101 e. The number of nitriles is 1. The number of nitrogens with two attached hydrogens (primary N) is 1. The van der Waals surface area contributed by atoms with E-state index in [0.29, 0.717) is 17.9 Å². The number of nitrogens with one attached hydrogen (secondary N) is 1. The average molecular weight is 221 g/mol. The van der Waals surface area contributed by atoms with Gasteiger partial charge in [0.2, 0.25) is 0 Å². The van der Waals surface area contributed by atoms with Crippen LogP contribution in [-0.4, -0.2) is 31.5 Å². The maximum atomic E-state index is 9.06. The van der Waals surface area contributed by atoms with E-state index in [1.165, 1.54) is 0 Å². The lowest BCUT2D eigenvalue weighted by molar-refractivity contribution is 0.153. The highest BCUT2D eigenvalue weighted by molar-refractivity contribution is 5.62. The standard InChI is InChI=1S/C11H15N3O2/c1-16-7-10(6-15)14-9-3-2-8(5-12)11(13)4-9/h2-4,10,14-15H,6-7,13H2,1H3. The summed E-state index contributed by atoms with van der Waals surface area (Å²) in [5.41, 5.74) is 7.28. The molecule has 0 bridgehead atoms. The van der Waals surface area contributed by atoms with Gasteiger partial charge in [0.1, 0.15) is 6.07 Å². The molecule has 0 heterocycles. The Morgan fingerprint density at radius 2 is 2.38 bits per heavy atom. The van der Waals surface area contributed by atoms with Gasteiger partial charge in [-0.15, -0.1) is 0 Å². The number of benzene rings is 1. The van der Waals surface area contributed by atoms with E-state index in [0.717, 1.165) is 5.69 Å². The van der Waals surface area contributed by atoms with Crippen molar-refractivity contribution in [3.05, 3.63) is 23.8 Å². The Labute approximate surface area is 94.4 Å². The quantitative estimate of drug-likeness (QED) is 0.632. The highest BCUT2D eigenvalue weighted by atomic mass is 16.5. The lowest BCUT2D eigenvalue weighted by atomic mass is 10.1. The first-order chi connectivity index (χ1) is 7.71. The molecule has 86 valence electrons. The molecular formula is C11H15N3O2. The lowest BCUT2D eigenvalue weighted by Gasteiger charge is -2.16. The summed E-state index contributed by atoms with van der Waals surface area (Å²) < 4.78 is 4.94. The Kier molecular flexibility index (Phi) is 4.58. The van der Waals surface area contributed by atoms with Gasteiger partial charge in [-0.25, -0.2) is 0 Å². The van der Waals surface area contributed by atoms with E-state index in [1.54, 1.807) is 25.3 Å². The molecule has 0 saturated heterocycles. The normalized spacial score (nSPS) is 11.8. The first kappa shape index (κ1) is 12.3. The largest absolute Gasteiger partial charge is 0.398 e. The second-order valence-corrected chi connectivity index (χ2v) is 3.39. The van der Waals surface area contributed by atoms with Crippen molar-refractivity contribution in [2.24, 2.45) is 0 Å². The van der Waals surface area contributed by atoms with Gasteiger partial charge in [-0.3, -0.25) is 0 Å². The van der Waals surface area contributed by atoms with Crippen LogP contribution in [0.15, 0.2) is 18.2 Å². The van der Waals surface area contributed by atoms with Crippen LogP contribution in [0, 0.1) is 11.3 Å². The van der Waals surface area contributed by atoms with E-state index < -0.39 is 0 Å². The number of aliphatic hydroxyl groups is 1. The number of hydrogen-bond donors (Lipinski definition) is 3. The molecule has 1 aromatic rings. The van der Waals surface area contributed by atoms with Gasteiger partial charge in [0.25, 0.3) is 0 Å². The summed E-state index contributed by atoms with van der Waals surface area (Å²) >= 11 is 0. The van der Waals surface area contributed by atoms with Crippen molar-refractivity contribution >= 4 is 11.4 Å². The second-order valence-electron chi connectivity index (χ2n) is 3.39. The molecule has 0 spiro atoms. The Morgan fingerprint density at radius 3 is 2.88 bits per heavy atom. The molecule has 16 heavy (non-hydrogen) atoms. The number of nitrogen functional groups attached to an aromatic ring is 1. The monoisotopic (exact) mass is 221 g/mol. The van der Waals surface area contributed by atoms with E-state index in [4.69, 9.17) is 20.8 Å². The molecule has 4 N–H and O–H groups in total. The Hall–Kier alpha value is -1.77. The first-order valence-electron chi connectivity index (χ1n) is 4.87. The van der Waals surface area contributed by atoms with Gasteiger partial charge in [0.15, 0.2) is 0 Å². The summed E-state index contributed by atoms with van der Waals surface area (Å²) in [4.78, 5) is 0. The lowest BCUT2D eigenvalue weighted by Crippen LogP contribution is -2.28. The molecule has 0 aromatic heterocycles. The van der Waals surface area contributed by atoms with Gasteiger partial charge in [0.05, 0.1) is 30.5 Å². The van der Waals surface area contributed by atoms with Crippen LogP contribution in [0.25, 0.3) is 0 Å². The van der Waals surface area contributed by atoms with Gasteiger partial charge in [-0.05, 0) is 18.2 Å². The van der Waals surface area contributed by atoms with E-state index in [-0.39, 0.29) is 12.6 Å². The van der Waals surface area contributed by atoms with Crippen LogP contribution in [0.1, 0.15) is 5.56 Å². The molecule has 0 aliphatic carbocycles. The van der Waals surface area contributed by atoms with Crippen LogP contribution < -0.4 is 11.1 Å². The molecular weight excluding hydrogens is 206 g/mol. The van der Waals surface area contributed by atoms with E-state index in [9.17, 15) is 0 Å². The summed E-state index contributed by atoms with van der Waals surface area (Å²) in [6.07, 6.45) is 0. The maximum absolute atomic E-state index is 9.06. The van der Waals surface area contributed by atoms with Gasteiger partial charge in [-0.1, -0.05) is 0 Å². The predicted molar refractivity (Wildman–Crippen MR) is 61.9 cm³/mol. The minimum atomic E-state index is -0.183.